The fraction of sp³-hybridized carbons (Fsp3) is 0.133. The number of aliphatic imine (C=N–C) groups is 1. The second-order valence-corrected chi connectivity index (χ2v) is 6.87. The summed E-state index contributed by atoms with van der Waals surface area (Å²) in [5.41, 5.74) is 0.255. The second-order valence-electron chi connectivity index (χ2n) is 4.55. The zero-order valence-corrected chi connectivity index (χ0v) is 13.6. The quantitative estimate of drug-likeness (QED) is 0.561. The molecule has 0 amide bonds. The number of nitrogens with zero attached hydrogens (tertiary/aromatic N) is 1. The van der Waals surface area contributed by atoms with E-state index in [1.165, 1.54) is 17.8 Å². The average molecular weight is 360 g/mol. The van der Waals surface area contributed by atoms with Crippen molar-refractivity contribution in [3.8, 4) is 0 Å². The van der Waals surface area contributed by atoms with E-state index in [0.29, 0.717) is 4.90 Å². The van der Waals surface area contributed by atoms with Crippen LogP contribution in [0, 0.1) is 0 Å². The van der Waals surface area contributed by atoms with Crippen LogP contribution in [0.2, 0.25) is 0 Å². The lowest BCUT2D eigenvalue weighted by Crippen LogP contribution is -2.04. The van der Waals surface area contributed by atoms with Crippen LogP contribution in [-0.2, 0) is 6.18 Å². The predicted molar refractivity (Wildman–Crippen MR) is 85.8 cm³/mol. The standard InChI is InChI=1S/C15H9ClF3NS2/c1-21-9-3-5-12-10(7-9)14(16)20-11-6-8(15(17,18)19)2-4-13(11)22-12/h2-7H,1H3. The lowest BCUT2D eigenvalue weighted by atomic mass is 10.2. The summed E-state index contributed by atoms with van der Waals surface area (Å²) >= 11 is 9.16. The van der Waals surface area contributed by atoms with Crippen molar-refractivity contribution in [1.29, 1.82) is 0 Å². The topological polar surface area (TPSA) is 12.4 Å². The summed E-state index contributed by atoms with van der Waals surface area (Å²) in [4.78, 5) is 6.74. The molecule has 0 N–H and O–H groups in total. The van der Waals surface area contributed by atoms with Crippen LogP contribution in [0.1, 0.15) is 11.1 Å². The third-order valence-corrected chi connectivity index (χ3v) is 5.29. The highest BCUT2D eigenvalue weighted by atomic mass is 35.5. The SMILES string of the molecule is CSc1ccc2c(c1)C(Cl)=Nc1cc(C(F)(F)F)ccc1S2. The van der Waals surface area contributed by atoms with Gasteiger partial charge in [-0.05, 0) is 42.7 Å². The summed E-state index contributed by atoms with van der Waals surface area (Å²) in [6.45, 7) is 0. The van der Waals surface area contributed by atoms with Crippen LogP contribution in [-0.4, -0.2) is 11.4 Å². The molecule has 0 aromatic heterocycles. The normalized spacial score (nSPS) is 14.0. The molecule has 1 nitrogen and oxygen atoms in total. The van der Waals surface area contributed by atoms with Crippen molar-refractivity contribution in [2.24, 2.45) is 4.99 Å². The number of hydrogen-bond acceptors (Lipinski definition) is 3. The monoisotopic (exact) mass is 359 g/mol. The Hall–Kier alpha value is -1.11. The molecular formula is C15H9ClF3NS2. The minimum atomic E-state index is -4.40. The summed E-state index contributed by atoms with van der Waals surface area (Å²) in [5, 5.41) is 0.205. The molecule has 0 spiro atoms. The van der Waals surface area contributed by atoms with E-state index in [-0.39, 0.29) is 10.9 Å². The highest BCUT2D eigenvalue weighted by Crippen LogP contribution is 2.44. The van der Waals surface area contributed by atoms with Crippen LogP contribution < -0.4 is 0 Å². The highest BCUT2D eigenvalue weighted by Gasteiger charge is 2.31. The van der Waals surface area contributed by atoms with Crippen LogP contribution in [0.4, 0.5) is 18.9 Å². The number of thioether (sulfide) groups is 1. The van der Waals surface area contributed by atoms with E-state index in [0.717, 1.165) is 27.5 Å². The second kappa shape index (κ2) is 5.83. The molecule has 1 aliphatic heterocycles. The minimum absolute atomic E-state index is 0.205. The maximum atomic E-state index is 12.8. The Morgan fingerprint density at radius 1 is 1.09 bits per heavy atom. The first-order valence-electron chi connectivity index (χ1n) is 6.20. The maximum Gasteiger partial charge on any atom is 0.416 e. The number of alkyl halides is 3. The molecule has 7 heteroatoms. The lowest BCUT2D eigenvalue weighted by molar-refractivity contribution is -0.137. The van der Waals surface area contributed by atoms with Crippen molar-refractivity contribution in [2.75, 3.05) is 6.26 Å². The summed E-state index contributed by atoms with van der Waals surface area (Å²) in [7, 11) is 0. The molecule has 0 saturated carbocycles. The van der Waals surface area contributed by atoms with Crippen molar-refractivity contribution in [2.45, 2.75) is 20.9 Å². The van der Waals surface area contributed by atoms with Gasteiger partial charge in [-0.2, -0.15) is 13.2 Å². The van der Waals surface area contributed by atoms with Crippen molar-refractivity contribution < 1.29 is 13.2 Å². The molecular weight excluding hydrogens is 351 g/mol. The van der Waals surface area contributed by atoms with Gasteiger partial charge in [0.15, 0.2) is 0 Å². The first-order chi connectivity index (χ1) is 10.4. The molecule has 0 aliphatic carbocycles. The van der Waals surface area contributed by atoms with Gasteiger partial charge in [-0.1, -0.05) is 23.4 Å². The highest BCUT2D eigenvalue weighted by molar-refractivity contribution is 7.99. The number of benzene rings is 2. The van der Waals surface area contributed by atoms with Crippen LogP contribution in [0.5, 0.6) is 0 Å². The molecule has 0 saturated heterocycles. The Morgan fingerprint density at radius 3 is 2.50 bits per heavy atom. The van der Waals surface area contributed by atoms with Crippen molar-refractivity contribution in [1.82, 2.24) is 0 Å². The fourth-order valence-electron chi connectivity index (χ4n) is 2.04. The Labute approximate surface area is 139 Å². The average Bonchev–Trinajstić information content (AvgIpc) is 2.61. The molecule has 1 heterocycles. The van der Waals surface area contributed by atoms with Gasteiger partial charge in [0.2, 0.25) is 0 Å². The van der Waals surface area contributed by atoms with E-state index >= 15 is 0 Å². The molecule has 114 valence electrons. The van der Waals surface area contributed by atoms with Gasteiger partial charge in [0.05, 0.1) is 11.3 Å². The zero-order chi connectivity index (χ0) is 15.9. The van der Waals surface area contributed by atoms with Crippen molar-refractivity contribution >= 4 is 46.0 Å². The van der Waals surface area contributed by atoms with Crippen LogP contribution in [0.3, 0.4) is 0 Å². The van der Waals surface area contributed by atoms with Gasteiger partial charge in [-0.25, -0.2) is 4.99 Å². The molecule has 22 heavy (non-hydrogen) atoms. The molecule has 0 radical (unpaired) electrons. The number of hydrogen-bond donors (Lipinski definition) is 0. The Balaban J connectivity index is 2.13. The summed E-state index contributed by atoms with van der Waals surface area (Å²) in [5.74, 6) is 0. The minimum Gasteiger partial charge on any atom is -0.235 e. The molecule has 0 bridgehead atoms. The summed E-state index contributed by atoms with van der Waals surface area (Å²) < 4.78 is 38.5. The smallest absolute Gasteiger partial charge is 0.235 e. The maximum absolute atomic E-state index is 12.8. The van der Waals surface area contributed by atoms with Crippen LogP contribution in [0.15, 0.2) is 56.1 Å². The lowest BCUT2D eigenvalue weighted by Gasteiger charge is -2.09. The van der Waals surface area contributed by atoms with E-state index in [9.17, 15) is 13.2 Å². The Bertz CT molecular complexity index is 772. The molecule has 0 atom stereocenters. The van der Waals surface area contributed by atoms with Gasteiger partial charge in [0.25, 0.3) is 0 Å². The van der Waals surface area contributed by atoms with Gasteiger partial charge >= 0.3 is 6.18 Å². The first-order valence-corrected chi connectivity index (χ1v) is 8.62. The largest absolute Gasteiger partial charge is 0.416 e. The number of halogens is 4. The van der Waals surface area contributed by atoms with E-state index in [1.54, 1.807) is 11.8 Å². The first kappa shape index (κ1) is 15.8. The Morgan fingerprint density at radius 2 is 1.82 bits per heavy atom. The van der Waals surface area contributed by atoms with Crippen LogP contribution >= 0.6 is 35.1 Å². The van der Waals surface area contributed by atoms with Gasteiger partial charge in [-0.3, -0.25) is 0 Å². The summed E-state index contributed by atoms with van der Waals surface area (Å²) in [6, 6.07) is 9.30. The fourth-order valence-corrected chi connectivity index (χ4v) is 3.77. The van der Waals surface area contributed by atoms with Crippen LogP contribution in [0.25, 0.3) is 0 Å². The molecule has 2 aromatic carbocycles. The predicted octanol–water partition coefficient (Wildman–Crippen LogP) is 6.21. The van der Waals surface area contributed by atoms with Gasteiger partial charge < -0.3 is 0 Å². The number of fused-ring (bicyclic) bond motifs is 2. The molecule has 2 aromatic rings. The third kappa shape index (κ3) is 3.00. The van der Waals surface area contributed by atoms with E-state index in [1.807, 2.05) is 24.5 Å². The summed E-state index contributed by atoms with van der Waals surface area (Å²) in [6.07, 6.45) is -2.45. The van der Waals surface area contributed by atoms with Gasteiger partial charge in [-0.15, -0.1) is 11.8 Å². The Kier molecular flexibility index (Phi) is 4.18. The molecule has 0 fully saturated rings. The van der Waals surface area contributed by atoms with Crippen molar-refractivity contribution in [3.05, 3.63) is 47.5 Å². The van der Waals surface area contributed by atoms with Gasteiger partial charge in [0, 0.05) is 20.2 Å². The van der Waals surface area contributed by atoms with Gasteiger partial charge in [0.1, 0.15) is 5.17 Å². The van der Waals surface area contributed by atoms with E-state index in [2.05, 4.69) is 4.99 Å². The zero-order valence-electron chi connectivity index (χ0n) is 11.2. The third-order valence-electron chi connectivity index (χ3n) is 3.13. The number of rotatable bonds is 1. The molecule has 1 aliphatic rings. The molecule has 0 unspecified atom stereocenters. The molecule has 3 rings (SSSR count). The van der Waals surface area contributed by atoms with Crippen molar-refractivity contribution in [3.63, 3.8) is 0 Å². The van der Waals surface area contributed by atoms with E-state index < -0.39 is 11.7 Å². The van der Waals surface area contributed by atoms with E-state index in [4.69, 9.17) is 11.6 Å².